The van der Waals surface area contributed by atoms with E-state index in [9.17, 15) is 9.59 Å². The number of carbonyl (C=O) groups is 2. The maximum atomic E-state index is 13.2. The Kier molecular flexibility index (Phi) is 6.00. The summed E-state index contributed by atoms with van der Waals surface area (Å²) in [5.74, 6) is -0.388. The third-order valence-corrected chi connectivity index (χ3v) is 5.14. The number of carbonyl (C=O) groups excluding carboxylic acids is 2. The van der Waals surface area contributed by atoms with Gasteiger partial charge in [0.2, 0.25) is 0 Å². The van der Waals surface area contributed by atoms with Gasteiger partial charge in [-0.15, -0.1) is 0 Å². The number of benzene rings is 2. The molecular weight excluding hydrogens is 426 g/mol. The zero-order valence-corrected chi connectivity index (χ0v) is 18.2. The molecule has 4 aromatic rings. The van der Waals surface area contributed by atoms with Gasteiger partial charge in [-0.3, -0.25) is 9.59 Å². The number of hydrogen-bond donors (Lipinski definition) is 3. The predicted octanol–water partition coefficient (Wildman–Crippen LogP) is 4.95. The van der Waals surface area contributed by atoms with Crippen LogP contribution in [0, 0.1) is 6.92 Å². The molecule has 0 aliphatic carbocycles. The summed E-state index contributed by atoms with van der Waals surface area (Å²) < 4.78 is 0. The minimum absolute atomic E-state index is 0.181. The summed E-state index contributed by atoms with van der Waals surface area (Å²) in [5, 5.41) is 10.3. The fourth-order valence-corrected chi connectivity index (χ4v) is 3.49. The van der Waals surface area contributed by atoms with Gasteiger partial charge in [0, 0.05) is 24.3 Å². The minimum Gasteiger partial charge on any atom is -0.355 e. The van der Waals surface area contributed by atoms with E-state index >= 15 is 0 Å². The molecule has 3 N–H and O–H groups in total. The van der Waals surface area contributed by atoms with Gasteiger partial charge < -0.3 is 16.0 Å². The number of rotatable bonds is 5. The van der Waals surface area contributed by atoms with Crippen LogP contribution >= 0.6 is 11.6 Å². The molecule has 8 heteroatoms. The molecule has 32 heavy (non-hydrogen) atoms. The molecule has 0 bridgehead atoms. The standard InChI is InChI=1S/C24H20ClN5O2/c1-14-7-3-6-10-18(14)28-22-19(11-16(13-27-22)23(31)26-2)29-24(32)21-17-9-5-4-8-15(17)12-20(25)30-21/h3-13H,1-2H3,(H,26,31)(H,27,28)(H,29,32). The maximum Gasteiger partial charge on any atom is 0.275 e. The summed E-state index contributed by atoms with van der Waals surface area (Å²) >= 11 is 6.14. The molecule has 2 aromatic carbocycles. The van der Waals surface area contributed by atoms with Crippen LogP contribution in [0.5, 0.6) is 0 Å². The van der Waals surface area contributed by atoms with E-state index in [4.69, 9.17) is 11.6 Å². The fraction of sp³-hybridized carbons (Fsp3) is 0.0833. The van der Waals surface area contributed by atoms with E-state index in [1.807, 2.05) is 49.4 Å². The second kappa shape index (κ2) is 9.03. The summed E-state index contributed by atoms with van der Waals surface area (Å²) in [4.78, 5) is 34.0. The van der Waals surface area contributed by atoms with Gasteiger partial charge in [-0.25, -0.2) is 9.97 Å². The molecule has 0 radical (unpaired) electrons. The van der Waals surface area contributed by atoms with Crippen molar-refractivity contribution in [1.29, 1.82) is 0 Å². The smallest absolute Gasteiger partial charge is 0.275 e. The first-order chi connectivity index (χ1) is 15.5. The van der Waals surface area contributed by atoms with E-state index in [2.05, 4.69) is 25.9 Å². The number of amides is 2. The molecule has 0 unspecified atom stereocenters. The van der Waals surface area contributed by atoms with Crippen molar-refractivity contribution >= 4 is 51.4 Å². The molecule has 0 spiro atoms. The lowest BCUT2D eigenvalue weighted by Crippen LogP contribution is -2.20. The largest absolute Gasteiger partial charge is 0.355 e. The minimum atomic E-state index is -0.465. The first-order valence-corrected chi connectivity index (χ1v) is 10.3. The third-order valence-electron chi connectivity index (χ3n) is 4.95. The molecule has 0 saturated carbocycles. The number of aromatic nitrogens is 2. The van der Waals surface area contributed by atoms with E-state index in [-0.39, 0.29) is 16.8 Å². The Morgan fingerprint density at radius 2 is 1.69 bits per heavy atom. The van der Waals surface area contributed by atoms with Crippen molar-refractivity contribution in [3.05, 3.63) is 88.8 Å². The molecule has 7 nitrogen and oxygen atoms in total. The van der Waals surface area contributed by atoms with Gasteiger partial charge in [-0.2, -0.15) is 0 Å². The number of para-hydroxylation sites is 1. The molecule has 0 fully saturated rings. The van der Waals surface area contributed by atoms with Gasteiger partial charge in [0.15, 0.2) is 5.82 Å². The normalized spacial score (nSPS) is 10.6. The fourth-order valence-electron chi connectivity index (χ4n) is 3.29. The molecule has 2 heterocycles. The molecule has 2 amide bonds. The zero-order valence-electron chi connectivity index (χ0n) is 17.4. The Morgan fingerprint density at radius 3 is 2.47 bits per heavy atom. The lowest BCUT2D eigenvalue weighted by Gasteiger charge is -2.15. The third kappa shape index (κ3) is 4.38. The number of nitrogens with zero attached hydrogens (tertiary/aromatic N) is 2. The number of aryl methyl sites for hydroxylation is 1. The van der Waals surface area contributed by atoms with Crippen molar-refractivity contribution in [2.75, 3.05) is 17.7 Å². The number of pyridine rings is 2. The van der Waals surface area contributed by atoms with Crippen LogP contribution in [0.3, 0.4) is 0 Å². The van der Waals surface area contributed by atoms with Gasteiger partial charge in [0.05, 0.1) is 11.3 Å². The number of anilines is 3. The van der Waals surface area contributed by atoms with Gasteiger partial charge in [0.25, 0.3) is 11.8 Å². The van der Waals surface area contributed by atoms with Crippen molar-refractivity contribution in [2.24, 2.45) is 0 Å². The zero-order chi connectivity index (χ0) is 22.7. The predicted molar refractivity (Wildman–Crippen MR) is 127 cm³/mol. The van der Waals surface area contributed by atoms with Crippen LogP contribution < -0.4 is 16.0 Å². The Hall–Kier alpha value is -3.97. The highest BCUT2D eigenvalue weighted by atomic mass is 35.5. The molecule has 0 saturated heterocycles. The molecule has 0 atom stereocenters. The summed E-state index contributed by atoms with van der Waals surface area (Å²) in [6.45, 7) is 1.96. The summed E-state index contributed by atoms with van der Waals surface area (Å²) in [7, 11) is 1.53. The molecule has 2 aromatic heterocycles. The van der Waals surface area contributed by atoms with Crippen LogP contribution in [0.15, 0.2) is 66.9 Å². The Labute approximate surface area is 189 Å². The highest BCUT2D eigenvalue weighted by Crippen LogP contribution is 2.28. The van der Waals surface area contributed by atoms with Gasteiger partial charge in [-0.1, -0.05) is 54.1 Å². The van der Waals surface area contributed by atoms with Crippen LogP contribution in [0.25, 0.3) is 10.8 Å². The molecule has 0 aliphatic rings. The van der Waals surface area contributed by atoms with E-state index in [1.54, 1.807) is 18.2 Å². The Morgan fingerprint density at radius 1 is 0.938 bits per heavy atom. The highest BCUT2D eigenvalue weighted by molar-refractivity contribution is 6.30. The van der Waals surface area contributed by atoms with Crippen LogP contribution in [0.4, 0.5) is 17.2 Å². The first-order valence-electron chi connectivity index (χ1n) is 9.87. The lowest BCUT2D eigenvalue weighted by molar-refractivity contribution is 0.0961. The summed E-state index contributed by atoms with van der Waals surface area (Å²) in [5.41, 5.74) is 2.66. The quantitative estimate of drug-likeness (QED) is 0.378. The Bertz CT molecular complexity index is 1340. The number of nitrogens with one attached hydrogen (secondary N) is 3. The maximum absolute atomic E-state index is 13.2. The second-order valence-corrected chi connectivity index (χ2v) is 7.50. The van der Waals surface area contributed by atoms with E-state index in [0.717, 1.165) is 16.6 Å². The van der Waals surface area contributed by atoms with Crippen LogP contribution in [0.2, 0.25) is 5.15 Å². The molecule has 160 valence electrons. The van der Waals surface area contributed by atoms with Crippen molar-refractivity contribution in [2.45, 2.75) is 6.92 Å². The average Bonchev–Trinajstić information content (AvgIpc) is 2.80. The molecular formula is C24H20ClN5O2. The van der Waals surface area contributed by atoms with Gasteiger partial charge in [0.1, 0.15) is 10.8 Å². The molecule has 4 rings (SSSR count). The monoisotopic (exact) mass is 445 g/mol. The summed E-state index contributed by atoms with van der Waals surface area (Å²) in [6.07, 6.45) is 1.45. The van der Waals surface area contributed by atoms with Crippen molar-refractivity contribution < 1.29 is 9.59 Å². The van der Waals surface area contributed by atoms with E-state index in [1.165, 1.54) is 13.2 Å². The number of halogens is 1. The summed E-state index contributed by atoms with van der Waals surface area (Å²) in [6, 6.07) is 18.3. The van der Waals surface area contributed by atoms with Crippen LogP contribution in [0.1, 0.15) is 26.4 Å². The average molecular weight is 446 g/mol. The lowest BCUT2D eigenvalue weighted by atomic mass is 10.1. The van der Waals surface area contributed by atoms with Crippen molar-refractivity contribution in [3.8, 4) is 0 Å². The topological polar surface area (TPSA) is 96.0 Å². The SMILES string of the molecule is CNC(=O)c1cnc(Nc2ccccc2C)c(NC(=O)c2nc(Cl)cc3ccccc23)c1. The van der Waals surface area contributed by atoms with E-state index < -0.39 is 5.91 Å². The van der Waals surface area contributed by atoms with Crippen LogP contribution in [-0.2, 0) is 0 Å². The van der Waals surface area contributed by atoms with E-state index in [0.29, 0.717) is 22.5 Å². The molecule has 0 aliphatic heterocycles. The van der Waals surface area contributed by atoms with Crippen molar-refractivity contribution in [3.63, 3.8) is 0 Å². The Balaban J connectivity index is 1.75. The van der Waals surface area contributed by atoms with Gasteiger partial charge in [-0.05, 0) is 36.1 Å². The van der Waals surface area contributed by atoms with Crippen molar-refractivity contribution in [1.82, 2.24) is 15.3 Å². The highest BCUT2D eigenvalue weighted by Gasteiger charge is 2.18. The second-order valence-electron chi connectivity index (χ2n) is 7.11. The van der Waals surface area contributed by atoms with Gasteiger partial charge >= 0.3 is 0 Å². The number of hydrogen-bond acceptors (Lipinski definition) is 5. The number of fused-ring (bicyclic) bond motifs is 1. The first kappa shape index (κ1) is 21.3. The van der Waals surface area contributed by atoms with Crippen LogP contribution in [-0.4, -0.2) is 28.8 Å².